The molecular formula is C18H24Cl2N2O. The lowest BCUT2D eigenvalue weighted by molar-refractivity contribution is 0.0411. The van der Waals surface area contributed by atoms with Crippen LogP contribution in [0.4, 0.5) is 0 Å². The number of unbranched alkanes of at least 4 members (excludes halogenated alkanes) is 3. The van der Waals surface area contributed by atoms with E-state index in [9.17, 15) is 0 Å². The molecule has 2 rings (SSSR count). The molecule has 0 spiro atoms. The summed E-state index contributed by atoms with van der Waals surface area (Å²) >= 11 is 12.4. The van der Waals surface area contributed by atoms with Gasteiger partial charge >= 0.3 is 0 Å². The van der Waals surface area contributed by atoms with Crippen LogP contribution in [-0.4, -0.2) is 16.2 Å². The zero-order valence-electron chi connectivity index (χ0n) is 13.5. The summed E-state index contributed by atoms with van der Waals surface area (Å²) in [5, 5.41) is 1.32. The molecule has 23 heavy (non-hydrogen) atoms. The third kappa shape index (κ3) is 6.17. The van der Waals surface area contributed by atoms with E-state index in [2.05, 4.69) is 16.5 Å². The normalized spacial score (nSPS) is 12.5. The predicted octanol–water partition coefficient (Wildman–Crippen LogP) is 5.92. The molecule has 0 fully saturated rings. The lowest BCUT2D eigenvalue weighted by Gasteiger charge is -2.20. The van der Waals surface area contributed by atoms with Crippen LogP contribution in [0.15, 0.2) is 36.9 Å². The number of rotatable bonds is 10. The first-order valence-electron chi connectivity index (χ1n) is 8.23. The number of benzene rings is 1. The van der Waals surface area contributed by atoms with Gasteiger partial charge in [-0.3, -0.25) is 0 Å². The third-order valence-corrected chi connectivity index (χ3v) is 4.40. The first-order chi connectivity index (χ1) is 11.2. The van der Waals surface area contributed by atoms with Crippen molar-refractivity contribution in [3.8, 4) is 0 Å². The van der Waals surface area contributed by atoms with E-state index in [1.807, 2.05) is 24.7 Å². The second kappa shape index (κ2) is 9.96. The summed E-state index contributed by atoms with van der Waals surface area (Å²) in [5.74, 6) is 0. The number of halogens is 2. The molecular weight excluding hydrogens is 331 g/mol. The van der Waals surface area contributed by atoms with Crippen LogP contribution < -0.4 is 0 Å². The van der Waals surface area contributed by atoms with Crippen LogP contribution in [0.3, 0.4) is 0 Å². The van der Waals surface area contributed by atoms with Gasteiger partial charge in [0.15, 0.2) is 0 Å². The SMILES string of the molecule is CCCCCCOC(CCn1ccnc1)c1ccc(Cl)cc1Cl. The summed E-state index contributed by atoms with van der Waals surface area (Å²) in [6, 6.07) is 5.62. The van der Waals surface area contributed by atoms with E-state index in [1.54, 1.807) is 12.3 Å². The van der Waals surface area contributed by atoms with Crippen LogP contribution in [0.2, 0.25) is 10.0 Å². The summed E-state index contributed by atoms with van der Waals surface area (Å²) in [5.41, 5.74) is 1.01. The van der Waals surface area contributed by atoms with Gasteiger partial charge in [-0.1, -0.05) is 55.5 Å². The molecule has 0 N–H and O–H groups in total. The zero-order chi connectivity index (χ0) is 16.5. The lowest BCUT2D eigenvalue weighted by atomic mass is 10.1. The van der Waals surface area contributed by atoms with E-state index in [0.29, 0.717) is 10.0 Å². The van der Waals surface area contributed by atoms with Crippen LogP contribution in [0.5, 0.6) is 0 Å². The molecule has 126 valence electrons. The van der Waals surface area contributed by atoms with Crippen molar-refractivity contribution in [2.75, 3.05) is 6.61 Å². The molecule has 0 amide bonds. The smallest absolute Gasteiger partial charge is 0.0945 e. The molecule has 1 aromatic carbocycles. The largest absolute Gasteiger partial charge is 0.373 e. The molecule has 1 heterocycles. The van der Waals surface area contributed by atoms with Crippen LogP contribution in [0.25, 0.3) is 0 Å². The molecule has 0 saturated heterocycles. The maximum absolute atomic E-state index is 6.36. The average Bonchev–Trinajstić information content (AvgIpc) is 3.04. The Morgan fingerprint density at radius 2 is 2.09 bits per heavy atom. The molecule has 1 unspecified atom stereocenters. The van der Waals surface area contributed by atoms with Gasteiger partial charge in [0.25, 0.3) is 0 Å². The van der Waals surface area contributed by atoms with Crippen LogP contribution in [0, 0.1) is 0 Å². The first kappa shape index (κ1) is 18.3. The molecule has 3 nitrogen and oxygen atoms in total. The van der Waals surface area contributed by atoms with E-state index in [1.165, 1.54) is 19.3 Å². The minimum absolute atomic E-state index is 0.0243. The lowest BCUT2D eigenvalue weighted by Crippen LogP contribution is -2.10. The van der Waals surface area contributed by atoms with Gasteiger partial charge in [-0.05, 0) is 30.5 Å². The average molecular weight is 355 g/mol. The highest BCUT2D eigenvalue weighted by Gasteiger charge is 2.16. The summed E-state index contributed by atoms with van der Waals surface area (Å²) in [4.78, 5) is 4.08. The summed E-state index contributed by atoms with van der Waals surface area (Å²) < 4.78 is 8.19. The Balaban J connectivity index is 1.97. The molecule has 5 heteroatoms. The number of hydrogen-bond acceptors (Lipinski definition) is 2. The molecule has 1 aromatic heterocycles. The van der Waals surface area contributed by atoms with Crippen molar-refractivity contribution in [1.82, 2.24) is 9.55 Å². The summed E-state index contributed by atoms with van der Waals surface area (Å²) in [6.07, 6.45) is 11.2. The van der Waals surface area contributed by atoms with E-state index < -0.39 is 0 Å². The number of imidazole rings is 1. The van der Waals surface area contributed by atoms with Gasteiger partial charge in [-0.25, -0.2) is 4.98 Å². The van der Waals surface area contributed by atoms with Gasteiger partial charge in [-0.2, -0.15) is 0 Å². The number of aryl methyl sites for hydroxylation is 1. The van der Waals surface area contributed by atoms with Crippen molar-refractivity contribution < 1.29 is 4.74 Å². The second-order valence-electron chi connectivity index (χ2n) is 5.68. The number of ether oxygens (including phenoxy) is 1. The van der Waals surface area contributed by atoms with Crippen LogP contribution in [0.1, 0.15) is 50.7 Å². The predicted molar refractivity (Wildman–Crippen MR) is 96.1 cm³/mol. The Morgan fingerprint density at radius 3 is 2.78 bits per heavy atom. The van der Waals surface area contributed by atoms with Crippen molar-refractivity contribution in [2.24, 2.45) is 0 Å². The number of aromatic nitrogens is 2. The minimum atomic E-state index is -0.0243. The van der Waals surface area contributed by atoms with Gasteiger partial charge in [0.05, 0.1) is 12.4 Å². The van der Waals surface area contributed by atoms with Crippen molar-refractivity contribution in [1.29, 1.82) is 0 Å². The van der Waals surface area contributed by atoms with Crippen molar-refractivity contribution in [2.45, 2.75) is 51.7 Å². The third-order valence-electron chi connectivity index (χ3n) is 3.83. The molecule has 1 atom stereocenters. The fourth-order valence-corrected chi connectivity index (χ4v) is 3.06. The first-order valence-corrected chi connectivity index (χ1v) is 8.98. The Morgan fingerprint density at radius 1 is 1.22 bits per heavy atom. The van der Waals surface area contributed by atoms with Gasteiger partial charge in [0.2, 0.25) is 0 Å². The van der Waals surface area contributed by atoms with Gasteiger partial charge < -0.3 is 9.30 Å². The number of nitrogens with zero attached hydrogens (tertiary/aromatic N) is 2. The van der Waals surface area contributed by atoms with Crippen LogP contribution >= 0.6 is 23.2 Å². The Bertz CT molecular complexity index is 572. The fourth-order valence-electron chi connectivity index (χ4n) is 2.53. The summed E-state index contributed by atoms with van der Waals surface area (Å²) in [6.45, 7) is 3.81. The highest BCUT2D eigenvalue weighted by atomic mass is 35.5. The molecule has 0 aliphatic rings. The number of hydrogen-bond donors (Lipinski definition) is 0. The zero-order valence-corrected chi connectivity index (χ0v) is 15.1. The Kier molecular flexibility index (Phi) is 7.93. The topological polar surface area (TPSA) is 27.1 Å². The van der Waals surface area contributed by atoms with Gasteiger partial charge in [0.1, 0.15) is 0 Å². The van der Waals surface area contributed by atoms with Crippen LogP contribution in [-0.2, 0) is 11.3 Å². The van der Waals surface area contributed by atoms with Crippen molar-refractivity contribution in [3.05, 3.63) is 52.5 Å². The van der Waals surface area contributed by atoms with Crippen molar-refractivity contribution >= 4 is 23.2 Å². The monoisotopic (exact) mass is 354 g/mol. The highest BCUT2D eigenvalue weighted by Crippen LogP contribution is 2.31. The van der Waals surface area contributed by atoms with Crippen molar-refractivity contribution in [3.63, 3.8) is 0 Å². The van der Waals surface area contributed by atoms with E-state index >= 15 is 0 Å². The Hall–Kier alpha value is -1.03. The molecule has 0 bridgehead atoms. The van der Waals surface area contributed by atoms with E-state index in [0.717, 1.165) is 31.6 Å². The van der Waals surface area contributed by atoms with E-state index in [4.69, 9.17) is 27.9 Å². The summed E-state index contributed by atoms with van der Waals surface area (Å²) in [7, 11) is 0. The standard InChI is InChI=1S/C18H24Cl2N2O/c1-2-3-4-5-12-23-18(8-10-22-11-9-21-14-22)16-7-6-15(19)13-17(16)20/h6-7,9,11,13-14,18H,2-5,8,10,12H2,1H3. The molecule has 0 radical (unpaired) electrons. The fraction of sp³-hybridized carbons (Fsp3) is 0.500. The second-order valence-corrected chi connectivity index (χ2v) is 6.52. The highest BCUT2D eigenvalue weighted by molar-refractivity contribution is 6.35. The molecule has 0 aliphatic carbocycles. The molecule has 2 aromatic rings. The maximum Gasteiger partial charge on any atom is 0.0945 e. The molecule has 0 aliphatic heterocycles. The maximum atomic E-state index is 6.36. The quantitative estimate of drug-likeness (QED) is 0.495. The Labute approximate surface area is 148 Å². The minimum Gasteiger partial charge on any atom is -0.373 e. The van der Waals surface area contributed by atoms with E-state index in [-0.39, 0.29) is 6.10 Å². The van der Waals surface area contributed by atoms with Gasteiger partial charge in [0, 0.05) is 35.6 Å². The molecule has 0 saturated carbocycles. The van der Waals surface area contributed by atoms with Gasteiger partial charge in [-0.15, -0.1) is 0 Å².